The first-order chi connectivity index (χ1) is 15.7. The van der Waals surface area contributed by atoms with Crippen molar-refractivity contribution in [3.63, 3.8) is 0 Å². The van der Waals surface area contributed by atoms with E-state index in [4.69, 9.17) is 28.6 Å². The van der Waals surface area contributed by atoms with Crippen molar-refractivity contribution in [1.29, 1.82) is 0 Å². The summed E-state index contributed by atoms with van der Waals surface area (Å²) in [7, 11) is 0. The molecule has 1 amide bonds. The van der Waals surface area contributed by atoms with E-state index < -0.39 is 0 Å². The minimum Gasteiger partial charge on any atom is -0.487 e. The van der Waals surface area contributed by atoms with Crippen LogP contribution in [0.15, 0.2) is 68.4 Å². The summed E-state index contributed by atoms with van der Waals surface area (Å²) in [5.41, 5.74) is 4.84. The third kappa shape index (κ3) is 5.54. The molecule has 1 fully saturated rings. The Morgan fingerprint density at radius 3 is 2.36 bits per heavy atom. The Morgan fingerprint density at radius 2 is 1.73 bits per heavy atom. The lowest BCUT2D eigenvalue weighted by molar-refractivity contribution is -0.113. The first-order valence-electron chi connectivity index (χ1n) is 9.94. The van der Waals surface area contributed by atoms with Crippen LogP contribution in [0.5, 0.6) is 5.75 Å². The number of amides is 1. The van der Waals surface area contributed by atoms with Crippen LogP contribution in [0.2, 0.25) is 5.02 Å². The van der Waals surface area contributed by atoms with Crippen LogP contribution >= 0.6 is 67.4 Å². The summed E-state index contributed by atoms with van der Waals surface area (Å²) in [5.74, 6) is 0.567. The van der Waals surface area contributed by atoms with Crippen molar-refractivity contribution in [3.05, 3.63) is 95.7 Å². The van der Waals surface area contributed by atoms with Crippen LogP contribution in [0.3, 0.4) is 0 Å². The molecule has 0 aromatic heterocycles. The molecule has 0 bridgehead atoms. The first kappa shape index (κ1) is 24.5. The van der Waals surface area contributed by atoms with Crippen molar-refractivity contribution >= 4 is 89.4 Å². The quantitative estimate of drug-likeness (QED) is 0.211. The van der Waals surface area contributed by atoms with E-state index in [-0.39, 0.29) is 5.91 Å². The molecule has 0 spiro atoms. The van der Waals surface area contributed by atoms with Crippen LogP contribution < -0.4 is 9.64 Å². The van der Waals surface area contributed by atoms with Crippen molar-refractivity contribution in [2.24, 2.45) is 0 Å². The summed E-state index contributed by atoms with van der Waals surface area (Å²) in [4.78, 5) is 15.4. The summed E-state index contributed by atoms with van der Waals surface area (Å²) >= 11 is 20.0. The Hall–Kier alpha value is -1.64. The molecule has 4 rings (SSSR count). The number of aryl methyl sites for hydroxylation is 2. The zero-order valence-corrected chi connectivity index (χ0v) is 23.3. The Kier molecular flexibility index (Phi) is 7.66. The molecule has 1 heterocycles. The van der Waals surface area contributed by atoms with Gasteiger partial charge in [0.25, 0.3) is 5.91 Å². The summed E-state index contributed by atoms with van der Waals surface area (Å²) < 4.78 is 8.08. The highest BCUT2D eigenvalue weighted by Gasteiger charge is 2.34. The number of thioether (sulfide) groups is 1. The van der Waals surface area contributed by atoms with Crippen molar-refractivity contribution < 1.29 is 9.53 Å². The van der Waals surface area contributed by atoms with E-state index in [9.17, 15) is 4.79 Å². The van der Waals surface area contributed by atoms with Crippen LogP contribution in [0.25, 0.3) is 6.08 Å². The fourth-order valence-corrected chi connectivity index (χ4v) is 6.28. The third-order valence-electron chi connectivity index (χ3n) is 5.00. The van der Waals surface area contributed by atoms with Gasteiger partial charge in [-0.05, 0) is 98.8 Å². The smallest absolute Gasteiger partial charge is 0.270 e. The van der Waals surface area contributed by atoms with Gasteiger partial charge in [0.15, 0.2) is 4.32 Å². The fraction of sp³-hybridized carbons (Fsp3) is 0.120. The highest BCUT2D eigenvalue weighted by Crippen LogP contribution is 2.40. The van der Waals surface area contributed by atoms with Gasteiger partial charge in [0, 0.05) is 5.02 Å². The number of ether oxygens (including phenoxy) is 1. The second-order valence-corrected chi connectivity index (χ2v) is 11.4. The largest absolute Gasteiger partial charge is 0.487 e. The molecule has 1 aliphatic rings. The maximum absolute atomic E-state index is 13.2. The number of thiocarbonyl (C=S) groups is 1. The van der Waals surface area contributed by atoms with E-state index >= 15 is 0 Å². The summed E-state index contributed by atoms with van der Waals surface area (Å²) in [6.45, 7) is 4.42. The molecule has 168 valence electrons. The minimum atomic E-state index is -0.118. The van der Waals surface area contributed by atoms with Crippen molar-refractivity contribution in [2.45, 2.75) is 20.5 Å². The van der Waals surface area contributed by atoms with Crippen LogP contribution in [-0.2, 0) is 11.4 Å². The molecule has 8 heteroatoms. The van der Waals surface area contributed by atoms with Gasteiger partial charge in [0.05, 0.1) is 19.5 Å². The van der Waals surface area contributed by atoms with Gasteiger partial charge in [-0.25, -0.2) is 0 Å². The second-order valence-electron chi connectivity index (χ2n) is 7.54. The Bertz CT molecular complexity index is 1270. The standard InChI is InChI=1S/C25H18Br2ClNO2S2/c1-14-3-8-21(15(2)9-14)29-24(30)22(33-25(29)32)12-17-10-19(26)23(20(27)11-17)31-13-16-4-6-18(28)7-5-16/h3-12H,13H2,1-2H3/b22-12-. The summed E-state index contributed by atoms with van der Waals surface area (Å²) in [6, 6.07) is 17.3. The van der Waals surface area contributed by atoms with Gasteiger partial charge >= 0.3 is 0 Å². The van der Waals surface area contributed by atoms with E-state index in [0.29, 0.717) is 26.6 Å². The summed E-state index contributed by atoms with van der Waals surface area (Å²) in [6.07, 6.45) is 1.85. The molecule has 1 saturated heterocycles. The molecule has 0 unspecified atom stereocenters. The minimum absolute atomic E-state index is 0.118. The number of benzene rings is 3. The third-order valence-corrected chi connectivity index (χ3v) is 7.73. The number of carbonyl (C=O) groups excluding carboxylic acids is 1. The number of hydrogen-bond donors (Lipinski definition) is 0. The van der Waals surface area contributed by atoms with Gasteiger partial charge in [0.2, 0.25) is 0 Å². The number of carbonyl (C=O) groups is 1. The number of anilines is 1. The van der Waals surface area contributed by atoms with Gasteiger partial charge in [-0.3, -0.25) is 9.69 Å². The molecule has 1 aliphatic heterocycles. The predicted octanol–water partition coefficient (Wildman–Crippen LogP) is 8.47. The molecule has 3 nitrogen and oxygen atoms in total. The maximum Gasteiger partial charge on any atom is 0.270 e. The predicted molar refractivity (Wildman–Crippen MR) is 149 cm³/mol. The van der Waals surface area contributed by atoms with Crippen LogP contribution in [0, 0.1) is 13.8 Å². The van der Waals surface area contributed by atoms with Crippen LogP contribution in [-0.4, -0.2) is 10.2 Å². The Morgan fingerprint density at radius 1 is 1.06 bits per heavy atom. The van der Waals surface area contributed by atoms with Gasteiger partial charge in [0.1, 0.15) is 12.4 Å². The normalized spacial score (nSPS) is 14.9. The second kappa shape index (κ2) is 10.3. The number of hydrogen-bond acceptors (Lipinski definition) is 4. The molecule has 0 aliphatic carbocycles. The van der Waals surface area contributed by atoms with Gasteiger partial charge in [-0.1, -0.05) is 65.4 Å². The number of halogens is 3. The lowest BCUT2D eigenvalue weighted by Gasteiger charge is -2.17. The van der Waals surface area contributed by atoms with Crippen molar-refractivity contribution in [2.75, 3.05) is 4.90 Å². The molecular formula is C25H18Br2ClNO2S2. The zero-order valence-electron chi connectivity index (χ0n) is 17.7. The summed E-state index contributed by atoms with van der Waals surface area (Å²) in [5, 5.41) is 0.688. The zero-order chi connectivity index (χ0) is 23.7. The van der Waals surface area contributed by atoms with Crippen LogP contribution in [0.1, 0.15) is 22.3 Å². The molecule has 3 aromatic carbocycles. The maximum atomic E-state index is 13.2. The van der Waals surface area contributed by atoms with E-state index in [0.717, 1.165) is 36.9 Å². The van der Waals surface area contributed by atoms with Crippen LogP contribution in [0.4, 0.5) is 5.69 Å². The van der Waals surface area contributed by atoms with E-state index in [2.05, 4.69) is 37.9 Å². The monoisotopic (exact) mass is 621 g/mol. The Labute approximate surface area is 224 Å². The molecular weight excluding hydrogens is 606 g/mol. The highest BCUT2D eigenvalue weighted by atomic mass is 79.9. The van der Waals surface area contributed by atoms with E-state index in [1.54, 1.807) is 4.90 Å². The molecule has 33 heavy (non-hydrogen) atoms. The van der Waals surface area contributed by atoms with E-state index in [1.165, 1.54) is 11.8 Å². The molecule has 0 radical (unpaired) electrons. The average molecular weight is 624 g/mol. The average Bonchev–Trinajstić information content (AvgIpc) is 3.02. The lowest BCUT2D eigenvalue weighted by atomic mass is 10.1. The van der Waals surface area contributed by atoms with E-state index in [1.807, 2.05) is 68.5 Å². The molecule has 3 aromatic rings. The first-order valence-corrected chi connectivity index (χ1v) is 13.1. The van der Waals surface area contributed by atoms with Crippen molar-refractivity contribution in [1.82, 2.24) is 0 Å². The fourth-order valence-electron chi connectivity index (χ4n) is 3.42. The SMILES string of the molecule is Cc1ccc(N2C(=O)/C(=C/c3cc(Br)c(OCc4ccc(Cl)cc4)c(Br)c3)SC2=S)c(C)c1. The Balaban J connectivity index is 1.55. The number of rotatable bonds is 5. The molecule has 0 atom stereocenters. The molecule has 0 N–H and O–H groups in total. The highest BCUT2D eigenvalue weighted by molar-refractivity contribution is 9.11. The topological polar surface area (TPSA) is 29.5 Å². The lowest BCUT2D eigenvalue weighted by Crippen LogP contribution is -2.28. The number of nitrogens with zero attached hydrogens (tertiary/aromatic N) is 1. The van der Waals surface area contributed by atoms with Gasteiger partial charge < -0.3 is 4.74 Å². The van der Waals surface area contributed by atoms with Gasteiger partial charge in [-0.15, -0.1) is 0 Å². The molecule has 0 saturated carbocycles. The van der Waals surface area contributed by atoms with Gasteiger partial charge in [-0.2, -0.15) is 0 Å². The van der Waals surface area contributed by atoms with Crippen molar-refractivity contribution in [3.8, 4) is 5.75 Å².